The zero-order valence-electron chi connectivity index (χ0n) is 35.0. The summed E-state index contributed by atoms with van der Waals surface area (Å²) in [4.78, 5) is 111. The summed E-state index contributed by atoms with van der Waals surface area (Å²) in [6.45, 7) is 1.58. The summed E-state index contributed by atoms with van der Waals surface area (Å²) in [5.74, 6) is -5.46. The van der Waals surface area contributed by atoms with E-state index >= 15 is 0 Å². The molecule has 2 saturated heterocycles. The van der Waals surface area contributed by atoms with Gasteiger partial charge >= 0.3 is 19.1 Å². The van der Waals surface area contributed by atoms with Crippen molar-refractivity contribution in [3.63, 3.8) is 0 Å². The lowest BCUT2D eigenvalue weighted by Gasteiger charge is -2.32. The third-order valence-electron chi connectivity index (χ3n) is 10.6. The number of nitrogens with zero attached hydrogens (tertiary/aromatic N) is 6. The maximum absolute atomic E-state index is 13.1. The molecule has 0 spiro atoms. The van der Waals surface area contributed by atoms with E-state index in [1.807, 2.05) is 9.80 Å². The van der Waals surface area contributed by atoms with Crippen molar-refractivity contribution >= 4 is 71.5 Å². The van der Waals surface area contributed by atoms with Crippen LogP contribution in [0.15, 0.2) is 30.5 Å². The predicted octanol–water partition coefficient (Wildman–Crippen LogP) is -4.13. The van der Waals surface area contributed by atoms with E-state index in [2.05, 4.69) is 26.3 Å². The van der Waals surface area contributed by atoms with Gasteiger partial charge in [0.1, 0.15) is 6.29 Å². The molecule has 2 aromatic rings. The van der Waals surface area contributed by atoms with Crippen LogP contribution in [0, 0.1) is 0 Å². The summed E-state index contributed by atoms with van der Waals surface area (Å²) in [6.07, 6.45) is 2.18. The molecule has 1 aromatic heterocycles. The highest BCUT2D eigenvalue weighted by atomic mass is 16.4. The van der Waals surface area contributed by atoms with Crippen LogP contribution in [-0.4, -0.2) is 226 Å². The first-order valence-electron chi connectivity index (χ1n) is 20.7. The van der Waals surface area contributed by atoms with Gasteiger partial charge in [-0.25, -0.2) is 0 Å². The van der Waals surface area contributed by atoms with E-state index in [0.717, 1.165) is 11.2 Å². The second-order valence-corrected chi connectivity index (χ2v) is 15.4. The SMILES string of the molecule is O=CCN1CCN(CC(=O)O)CCN(CC(=O)O)CCN(CC(=O)NCC(=O)NCCCCC(=O)Nc2cccc3c(C(=O)NCC(=O)N4CC(O)CC4B(O)O)ccnc23)CC1. The molecule has 2 unspecified atom stereocenters. The first kappa shape index (κ1) is 50.0. The van der Waals surface area contributed by atoms with E-state index in [4.69, 9.17) is 0 Å². The molecule has 63 heavy (non-hydrogen) atoms. The fraction of sp³-hybridized carbons (Fsp3) is 0.564. The Morgan fingerprint density at radius 1 is 0.746 bits per heavy atom. The molecule has 0 radical (unpaired) electrons. The number of nitrogens with one attached hydrogen (secondary N) is 4. The highest BCUT2D eigenvalue weighted by Gasteiger charge is 2.41. The minimum atomic E-state index is -1.84. The Morgan fingerprint density at radius 2 is 1.37 bits per heavy atom. The summed E-state index contributed by atoms with van der Waals surface area (Å²) in [5, 5.41) is 58.8. The fourth-order valence-electron chi connectivity index (χ4n) is 7.31. The Labute approximate surface area is 363 Å². The van der Waals surface area contributed by atoms with Crippen LogP contribution >= 0.6 is 0 Å². The molecule has 0 saturated carbocycles. The number of para-hydroxylation sites is 1. The number of anilines is 1. The molecule has 2 fully saturated rings. The van der Waals surface area contributed by atoms with Gasteiger partial charge in [-0.3, -0.25) is 58.1 Å². The number of aliphatic hydroxyl groups excluding tert-OH is 1. The first-order chi connectivity index (χ1) is 30.1. The number of pyridine rings is 1. The highest BCUT2D eigenvalue weighted by molar-refractivity contribution is 6.43. The van der Waals surface area contributed by atoms with Gasteiger partial charge in [0.2, 0.25) is 23.6 Å². The molecule has 2 aliphatic heterocycles. The number of carboxylic acids is 2. The number of rotatable bonds is 20. The normalized spacial score (nSPS) is 18.4. The van der Waals surface area contributed by atoms with Crippen molar-refractivity contribution in [1.82, 2.24) is 45.4 Å². The summed E-state index contributed by atoms with van der Waals surface area (Å²) in [5.41, 5.74) is 0.871. The van der Waals surface area contributed by atoms with Crippen molar-refractivity contribution in [2.75, 3.05) is 110 Å². The molecule has 4 rings (SSSR count). The van der Waals surface area contributed by atoms with Crippen LogP contribution < -0.4 is 21.3 Å². The number of hydrogen-bond donors (Lipinski definition) is 9. The number of aliphatic hydroxyl groups is 1. The van der Waals surface area contributed by atoms with Crippen molar-refractivity contribution in [1.29, 1.82) is 0 Å². The zero-order chi connectivity index (χ0) is 45.9. The summed E-state index contributed by atoms with van der Waals surface area (Å²) in [7, 11) is -1.84. The lowest BCUT2D eigenvalue weighted by molar-refractivity contribution is -0.140. The van der Waals surface area contributed by atoms with E-state index in [-0.39, 0.29) is 83.2 Å². The number of aldehydes is 1. The molecule has 2 atom stereocenters. The number of fused-ring (bicyclic) bond motifs is 1. The van der Waals surface area contributed by atoms with Gasteiger partial charge in [-0.2, -0.15) is 0 Å². The van der Waals surface area contributed by atoms with Crippen molar-refractivity contribution < 1.29 is 63.7 Å². The van der Waals surface area contributed by atoms with Gasteiger partial charge in [0.25, 0.3) is 5.91 Å². The van der Waals surface area contributed by atoms with Crippen LogP contribution in [0.25, 0.3) is 10.9 Å². The van der Waals surface area contributed by atoms with Crippen LogP contribution in [0.1, 0.15) is 36.0 Å². The number of aliphatic carboxylic acids is 2. The van der Waals surface area contributed by atoms with Crippen LogP contribution in [0.2, 0.25) is 0 Å². The summed E-state index contributed by atoms with van der Waals surface area (Å²) in [6, 6.07) is 6.35. The molecular formula is C39H57BN10O13. The Kier molecular flexibility index (Phi) is 20.2. The monoisotopic (exact) mass is 884 g/mol. The van der Waals surface area contributed by atoms with Crippen molar-refractivity contribution in [3.05, 3.63) is 36.0 Å². The number of likely N-dealkylation sites (tertiary alicyclic amines) is 1. The largest absolute Gasteiger partial charge is 0.480 e. The number of carbonyl (C=O) groups excluding carboxylic acids is 6. The van der Waals surface area contributed by atoms with Crippen LogP contribution in [0.5, 0.6) is 0 Å². The standard InChI is InChI=1S/C39H57BN10O13/c51-19-18-46-10-12-47(14-15-49(26-37(59)60)17-16-48(13-11-46)25-36(57)58)24-34(55)43-21-33(54)41-8-2-1-6-32(53)45-30-5-3-4-28-29(7-9-42-38(28)30)39(61)44-22-35(56)50-23-27(52)20-31(50)40(62)63/h3-5,7,9,19,27,31,52,62-63H,1-2,6,8,10-18,20-26H2,(H,41,54)(H,43,55)(H,44,61)(H,45,53)(H,57,58)(H,59,60). The number of β-amino-alcohol motifs (C(OH)–C–C–N with tert-alkyl or cyclic N) is 1. The molecule has 23 nitrogen and oxygen atoms in total. The Morgan fingerprint density at radius 3 is 1.97 bits per heavy atom. The fourth-order valence-corrected chi connectivity index (χ4v) is 7.31. The van der Waals surface area contributed by atoms with Gasteiger partial charge in [-0.15, -0.1) is 0 Å². The number of benzene rings is 1. The maximum Gasteiger partial charge on any atom is 0.475 e. The number of carboxylic acid groups (broad SMARTS) is 2. The molecule has 9 N–H and O–H groups in total. The topological polar surface area (TPSA) is 315 Å². The van der Waals surface area contributed by atoms with Crippen molar-refractivity contribution in [3.8, 4) is 0 Å². The second-order valence-electron chi connectivity index (χ2n) is 15.4. The molecule has 0 aliphatic carbocycles. The molecule has 24 heteroatoms. The van der Waals surface area contributed by atoms with E-state index in [0.29, 0.717) is 68.7 Å². The van der Waals surface area contributed by atoms with Crippen LogP contribution in [0.3, 0.4) is 0 Å². The third-order valence-corrected chi connectivity index (χ3v) is 10.6. The Balaban J connectivity index is 1.19. The molecule has 344 valence electrons. The highest BCUT2D eigenvalue weighted by Crippen LogP contribution is 2.25. The zero-order valence-corrected chi connectivity index (χ0v) is 35.0. The first-order valence-corrected chi connectivity index (χ1v) is 20.7. The minimum Gasteiger partial charge on any atom is -0.480 e. The maximum atomic E-state index is 13.1. The van der Waals surface area contributed by atoms with Crippen molar-refractivity contribution in [2.24, 2.45) is 0 Å². The molecule has 1 aromatic carbocycles. The van der Waals surface area contributed by atoms with E-state index in [1.54, 1.807) is 28.0 Å². The Hall–Kier alpha value is -5.63. The minimum absolute atomic E-state index is 0.00407. The average molecular weight is 885 g/mol. The predicted molar refractivity (Wildman–Crippen MR) is 226 cm³/mol. The van der Waals surface area contributed by atoms with Gasteiger partial charge in [-0.05, 0) is 31.4 Å². The average Bonchev–Trinajstić information content (AvgIpc) is 3.64. The van der Waals surface area contributed by atoms with E-state index < -0.39 is 61.3 Å². The number of hydrogen-bond acceptors (Lipinski definition) is 16. The van der Waals surface area contributed by atoms with E-state index in [1.165, 1.54) is 12.3 Å². The number of unbranched alkanes of at least 4 members (excludes halogenated alkanes) is 1. The second kappa shape index (κ2) is 25.5. The van der Waals surface area contributed by atoms with Crippen LogP contribution in [0.4, 0.5) is 5.69 Å². The van der Waals surface area contributed by atoms with E-state index in [9.17, 15) is 63.7 Å². The van der Waals surface area contributed by atoms with Gasteiger partial charge in [0, 0.05) is 83.5 Å². The smallest absolute Gasteiger partial charge is 0.475 e. The van der Waals surface area contributed by atoms with Gasteiger partial charge in [0.05, 0.1) is 68.1 Å². The molecule has 5 amide bonds. The third kappa shape index (κ3) is 16.9. The van der Waals surface area contributed by atoms with Gasteiger partial charge in [0.15, 0.2) is 0 Å². The summed E-state index contributed by atoms with van der Waals surface area (Å²) >= 11 is 0. The van der Waals surface area contributed by atoms with Crippen molar-refractivity contribution in [2.45, 2.75) is 37.7 Å². The van der Waals surface area contributed by atoms with Crippen LogP contribution in [-0.2, 0) is 33.6 Å². The lowest BCUT2D eigenvalue weighted by Crippen LogP contribution is -2.50. The molecule has 3 heterocycles. The number of aromatic nitrogens is 1. The quantitative estimate of drug-likeness (QED) is 0.0347. The van der Waals surface area contributed by atoms with Gasteiger partial charge in [-0.1, -0.05) is 12.1 Å². The lowest BCUT2D eigenvalue weighted by atomic mass is 9.77. The Bertz CT molecular complexity index is 1930. The number of carbonyl (C=O) groups is 8. The molecule has 0 bridgehead atoms. The number of amides is 5. The molecule has 2 aliphatic rings. The van der Waals surface area contributed by atoms with Gasteiger partial charge < -0.3 is 56.3 Å². The molecular weight excluding hydrogens is 827 g/mol. The summed E-state index contributed by atoms with van der Waals surface area (Å²) < 4.78 is 0.